The fourth-order valence-corrected chi connectivity index (χ4v) is 11.8. The van der Waals surface area contributed by atoms with Crippen LogP contribution in [-0.4, -0.2) is 9.13 Å². The van der Waals surface area contributed by atoms with Crippen molar-refractivity contribution in [3.8, 4) is 44.8 Å². The minimum absolute atomic E-state index is 0.0897. The first-order valence-electron chi connectivity index (χ1n) is 23.2. The van der Waals surface area contributed by atoms with Gasteiger partial charge in [-0.25, -0.2) is 0 Å². The van der Waals surface area contributed by atoms with Crippen LogP contribution in [0.15, 0.2) is 215 Å². The third kappa shape index (κ3) is 5.02. The van der Waals surface area contributed by atoms with Gasteiger partial charge in [-0.3, -0.25) is 0 Å². The van der Waals surface area contributed by atoms with Crippen LogP contribution < -0.4 is 0 Å². The Morgan fingerprint density at radius 3 is 1.61 bits per heavy atom. The number of nitrogens with zero attached hydrogens (tertiary/aromatic N) is 2. The van der Waals surface area contributed by atoms with E-state index in [4.69, 9.17) is 8.83 Å². The molecule has 0 unspecified atom stereocenters. The summed E-state index contributed by atoms with van der Waals surface area (Å²) in [7, 11) is 0. The minimum atomic E-state index is -0.0897. The van der Waals surface area contributed by atoms with Crippen LogP contribution in [0.25, 0.3) is 132 Å². The van der Waals surface area contributed by atoms with Crippen molar-refractivity contribution in [2.24, 2.45) is 0 Å². The molecule has 0 saturated heterocycles. The molecule has 0 N–H and O–H groups in total. The van der Waals surface area contributed by atoms with Gasteiger partial charge < -0.3 is 18.0 Å². The Kier molecular flexibility index (Phi) is 7.26. The van der Waals surface area contributed by atoms with E-state index in [-0.39, 0.29) is 5.41 Å². The van der Waals surface area contributed by atoms with Gasteiger partial charge in [-0.1, -0.05) is 159 Å². The predicted octanol–water partition coefficient (Wildman–Crippen LogP) is 17.3. The zero-order chi connectivity index (χ0) is 44.1. The molecule has 15 rings (SSSR count). The maximum absolute atomic E-state index is 7.00. The summed E-state index contributed by atoms with van der Waals surface area (Å²) in [5, 5.41) is 9.46. The molecule has 0 aliphatic heterocycles. The third-order valence-corrected chi connectivity index (χ3v) is 14.9. The molecule has 0 amide bonds. The summed E-state index contributed by atoms with van der Waals surface area (Å²) in [6.45, 7) is 4.64. The second-order valence-corrected chi connectivity index (χ2v) is 18.8. The van der Waals surface area contributed by atoms with Crippen molar-refractivity contribution in [1.82, 2.24) is 9.13 Å². The Morgan fingerprint density at radius 2 is 0.866 bits per heavy atom. The molecule has 1 aliphatic rings. The van der Waals surface area contributed by atoms with E-state index in [1.54, 1.807) is 0 Å². The molecule has 4 heteroatoms. The van der Waals surface area contributed by atoms with E-state index in [0.29, 0.717) is 0 Å². The van der Waals surface area contributed by atoms with Gasteiger partial charge in [-0.2, -0.15) is 0 Å². The van der Waals surface area contributed by atoms with Crippen molar-refractivity contribution < 1.29 is 8.83 Å². The quantitative estimate of drug-likeness (QED) is 0.177. The number of benzene rings is 10. The molecule has 0 spiro atoms. The Hall–Kier alpha value is -8.60. The first kappa shape index (κ1) is 36.7. The molecular formula is C63H40N2O2. The summed E-state index contributed by atoms with van der Waals surface area (Å²) in [5.74, 6) is 0. The van der Waals surface area contributed by atoms with E-state index in [1.807, 2.05) is 12.1 Å². The predicted molar refractivity (Wildman–Crippen MR) is 278 cm³/mol. The average Bonchev–Trinajstić information content (AvgIpc) is 4.17. The molecule has 14 aromatic rings. The molecule has 0 radical (unpaired) electrons. The molecule has 0 saturated carbocycles. The van der Waals surface area contributed by atoms with Crippen LogP contribution in [0.3, 0.4) is 0 Å². The number of hydrogen-bond acceptors (Lipinski definition) is 2. The highest BCUT2D eigenvalue weighted by Gasteiger charge is 2.37. The zero-order valence-electron chi connectivity index (χ0n) is 36.8. The molecule has 0 fully saturated rings. The van der Waals surface area contributed by atoms with E-state index in [2.05, 4.69) is 217 Å². The van der Waals surface area contributed by atoms with Crippen molar-refractivity contribution >= 4 is 87.5 Å². The second-order valence-electron chi connectivity index (χ2n) is 18.8. The number of furan rings is 2. The lowest BCUT2D eigenvalue weighted by Crippen LogP contribution is -2.14. The maximum Gasteiger partial charge on any atom is 0.143 e. The minimum Gasteiger partial charge on any atom is -0.456 e. The SMILES string of the molecule is CC1(C)c2ccccc2-c2c1ccc1c2oc2c(-c3ccc(-n4c5ccccc5c5ccc(-c6ccc7c8ccccc8n(-c8ccc9oc%10ccccc%10c9c8)c7c6)cc54)cc3)cccc21. The van der Waals surface area contributed by atoms with Gasteiger partial charge in [-0.15, -0.1) is 0 Å². The van der Waals surface area contributed by atoms with Crippen molar-refractivity contribution in [1.29, 1.82) is 0 Å². The zero-order valence-corrected chi connectivity index (χ0v) is 36.8. The van der Waals surface area contributed by atoms with Gasteiger partial charge in [0.05, 0.1) is 22.1 Å². The molecule has 0 atom stereocenters. The highest BCUT2D eigenvalue weighted by molar-refractivity contribution is 6.16. The number of para-hydroxylation sites is 4. The van der Waals surface area contributed by atoms with E-state index in [9.17, 15) is 0 Å². The lowest BCUT2D eigenvalue weighted by molar-refractivity contribution is 0.653. The molecule has 67 heavy (non-hydrogen) atoms. The third-order valence-electron chi connectivity index (χ3n) is 14.9. The second kappa shape index (κ2) is 13.2. The van der Waals surface area contributed by atoms with Crippen LogP contribution in [0.4, 0.5) is 0 Å². The number of fused-ring (bicyclic) bond motifs is 16. The molecule has 4 heterocycles. The van der Waals surface area contributed by atoms with Crippen LogP contribution in [-0.2, 0) is 5.41 Å². The van der Waals surface area contributed by atoms with E-state index in [1.165, 1.54) is 65.9 Å². The molecule has 1 aliphatic carbocycles. The van der Waals surface area contributed by atoms with Crippen molar-refractivity contribution in [2.75, 3.05) is 0 Å². The summed E-state index contributed by atoms with van der Waals surface area (Å²) >= 11 is 0. The lowest BCUT2D eigenvalue weighted by Gasteiger charge is -2.21. The molecule has 314 valence electrons. The Labute approximate surface area is 385 Å². The number of rotatable bonds is 4. The van der Waals surface area contributed by atoms with Gasteiger partial charge >= 0.3 is 0 Å². The van der Waals surface area contributed by atoms with Crippen LogP contribution >= 0.6 is 0 Å². The first-order valence-corrected chi connectivity index (χ1v) is 23.2. The largest absolute Gasteiger partial charge is 0.456 e. The Balaban J connectivity index is 0.862. The lowest BCUT2D eigenvalue weighted by atomic mass is 9.82. The summed E-state index contributed by atoms with van der Waals surface area (Å²) in [4.78, 5) is 0. The normalized spacial score (nSPS) is 13.3. The van der Waals surface area contributed by atoms with E-state index >= 15 is 0 Å². The van der Waals surface area contributed by atoms with Gasteiger partial charge in [0.15, 0.2) is 0 Å². The average molecular weight is 857 g/mol. The van der Waals surface area contributed by atoms with Gasteiger partial charge in [0, 0.05) is 71.0 Å². The summed E-state index contributed by atoms with van der Waals surface area (Å²) < 4.78 is 18.1. The van der Waals surface area contributed by atoms with E-state index in [0.717, 1.165) is 77.5 Å². The highest BCUT2D eigenvalue weighted by Crippen LogP contribution is 2.53. The van der Waals surface area contributed by atoms with Crippen LogP contribution in [0.5, 0.6) is 0 Å². The van der Waals surface area contributed by atoms with Gasteiger partial charge in [-0.05, 0) is 94.0 Å². The molecule has 0 bridgehead atoms. The van der Waals surface area contributed by atoms with Crippen molar-refractivity contribution in [2.45, 2.75) is 19.3 Å². The molecule has 4 nitrogen and oxygen atoms in total. The van der Waals surface area contributed by atoms with Crippen LogP contribution in [0.1, 0.15) is 25.0 Å². The van der Waals surface area contributed by atoms with E-state index < -0.39 is 0 Å². The fourth-order valence-electron chi connectivity index (χ4n) is 11.8. The number of hydrogen-bond donors (Lipinski definition) is 0. The summed E-state index contributed by atoms with van der Waals surface area (Å²) in [5.41, 5.74) is 20.2. The Bertz CT molecular complexity index is 4420. The maximum atomic E-state index is 7.00. The van der Waals surface area contributed by atoms with Crippen molar-refractivity contribution in [3.63, 3.8) is 0 Å². The molecule has 4 aromatic heterocycles. The van der Waals surface area contributed by atoms with Crippen molar-refractivity contribution in [3.05, 3.63) is 217 Å². The van der Waals surface area contributed by atoms with Gasteiger partial charge in [0.2, 0.25) is 0 Å². The number of aromatic nitrogens is 2. The van der Waals surface area contributed by atoms with Gasteiger partial charge in [0.1, 0.15) is 22.3 Å². The van der Waals surface area contributed by atoms with Crippen LogP contribution in [0.2, 0.25) is 0 Å². The van der Waals surface area contributed by atoms with Crippen LogP contribution in [0, 0.1) is 0 Å². The standard InChI is InChI=1S/C63H40N2O2/c1-63(2)52-18-7-3-15-50(52)60-53(63)32-31-49-48-17-11-16-42(61(48)67-62(49)60)37-22-26-40(27-23-37)64-54-19-8-4-12-43(54)45-29-24-38(34-56(45)64)39-25-30-46-44-13-5-9-20-55(44)65(57(46)35-39)41-28-33-59-51(36-41)47-14-6-10-21-58(47)66-59/h3-36H,1-2H3. The molecular weight excluding hydrogens is 817 g/mol. The fraction of sp³-hybridized carbons (Fsp3) is 0.0476. The highest BCUT2D eigenvalue weighted by atomic mass is 16.3. The topological polar surface area (TPSA) is 36.1 Å². The summed E-state index contributed by atoms with van der Waals surface area (Å²) in [6, 6.07) is 75.2. The Morgan fingerprint density at radius 1 is 0.328 bits per heavy atom. The smallest absolute Gasteiger partial charge is 0.143 e. The first-order chi connectivity index (χ1) is 33.0. The summed E-state index contributed by atoms with van der Waals surface area (Å²) in [6.07, 6.45) is 0. The monoisotopic (exact) mass is 856 g/mol. The molecule has 10 aromatic carbocycles. The van der Waals surface area contributed by atoms with Gasteiger partial charge in [0.25, 0.3) is 0 Å².